The molecular formula is C98H196N14. The molecule has 0 amide bonds. The molecule has 3 atom stereocenters. The molecule has 14 heterocycles. The van der Waals surface area contributed by atoms with Gasteiger partial charge in [0.25, 0.3) is 0 Å². The maximum atomic E-state index is 2.70. The van der Waals surface area contributed by atoms with E-state index in [1.165, 1.54) is 364 Å². The normalized spacial score (nSPS) is 30.3. The molecule has 658 valence electrons. The van der Waals surface area contributed by atoms with Crippen LogP contribution in [0.1, 0.15) is 287 Å². The highest BCUT2D eigenvalue weighted by molar-refractivity contribution is 5.04. The zero-order valence-corrected chi connectivity index (χ0v) is 80.9. The third-order valence-electron chi connectivity index (χ3n) is 29.6. The van der Waals surface area contributed by atoms with Gasteiger partial charge in [-0.25, -0.2) is 0 Å². The lowest BCUT2D eigenvalue weighted by Gasteiger charge is -2.47. The lowest BCUT2D eigenvalue weighted by atomic mass is 9.71. The second kappa shape index (κ2) is 40.2. The molecule has 0 aromatic rings. The first-order valence-electron chi connectivity index (χ1n) is 47.6. The molecule has 0 aromatic carbocycles. The van der Waals surface area contributed by atoms with E-state index in [9.17, 15) is 0 Å². The first-order valence-corrected chi connectivity index (χ1v) is 47.6. The van der Waals surface area contributed by atoms with Crippen LogP contribution in [0.25, 0.3) is 0 Å². The number of likely N-dealkylation sites (tertiary alicyclic amines) is 14. The Morgan fingerprint density at radius 2 is 0.375 bits per heavy atom. The first kappa shape index (κ1) is 96.9. The van der Waals surface area contributed by atoms with Gasteiger partial charge in [-0.2, -0.15) is 0 Å². The van der Waals surface area contributed by atoms with Crippen molar-refractivity contribution in [3.8, 4) is 0 Å². The predicted molar refractivity (Wildman–Crippen MR) is 488 cm³/mol. The molecular weight excluding hydrogens is 1370 g/mol. The van der Waals surface area contributed by atoms with Crippen molar-refractivity contribution in [3.63, 3.8) is 0 Å². The third-order valence-corrected chi connectivity index (χ3v) is 29.6. The molecule has 0 saturated carbocycles. The van der Waals surface area contributed by atoms with E-state index in [2.05, 4.69) is 263 Å². The van der Waals surface area contributed by atoms with Crippen LogP contribution < -0.4 is 0 Å². The van der Waals surface area contributed by atoms with Crippen LogP contribution in [0.15, 0.2) is 0 Å². The monoisotopic (exact) mass is 1570 g/mol. The van der Waals surface area contributed by atoms with Gasteiger partial charge in [0, 0.05) is 110 Å². The number of rotatable bonds is 7. The maximum absolute atomic E-state index is 2.70. The van der Waals surface area contributed by atoms with Crippen LogP contribution in [-0.4, -0.2) is 346 Å². The van der Waals surface area contributed by atoms with E-state index in [1.54, 1.807) is 0 Å². The molecule has 0 aromatic heterocycles. The van der Waals surface area contributed by atoms with Gasteiger partial charge in [-0.1, -0.05) is 145 Å². The molecule has 14 saturated heterocycles. The molecule has 0 radical (unpaired) electrons. The summed E-state index contributed by atoms with van der Waals surface area (Å²) in [5.74, 6) is 0. The van der Waals surface area contributed by atoms with Crippen LogP contribution in [-0.2, 0) is 0 Å². The fourth-order valence-electron chi connectivity index (χ4n) is 24.2. The van der Waals surface area contributed by atoms with Crippen LogP contribution in [0.3, 0.4) is 0 Å². The van der Waals surface area contributed by atoms with E-state index in [1.807, 2.05) is 0 Å². The van der Waals surface area contributed by atoms with E-state index < -0.39 is 0 Å². The average molecular weight is 1570 g/mol. The zero-order chi connectivity index (χ0) is 82.7. The summed E-state index contributed by atoms with van der Waals surface area (Å²) in [5.41, 5.74) is 7.75. The smallest absolute Gasteiger partial charge is 0.0346 e. The highest BCUT2D eigenvalue weighted by Crippen LogP contribution is 2.47. The number of piperidine rings is 7. The third kappa shape index (κ3) is 33.0. The van der Waals surface area contributed by atoms with Crippen molar-refractivity contribution in [2.24, 2.45) is 70.4 Å². The number of hydrogen-bond donors (Lipinski definition) is 0. The van der Waals surface area contributed by atoms with E-state index in [4.69, 9.17) is 0 Å². The average Bonchev–Trinajstić information content (AvgIpc) is 1.57. The molecule has 112 heavy (non-hydrogen) atoms. The lowest BCUT2D eigenvalue weighted by molar-refractivity contribution is 0.0241. The minimum Gasteiger partial charge on any atom is -0.306 e. The van der Waals surface area contributed by atoms with Crippen LogP contribution in [0.5, 0.6) is 0 Å². The maximum Gasteiger partial charge on any atom is 0.0346 e. The van der Waals surface area contributed by atoms with Gasteiger partial charge in [-0.3, -0.25) is 4.90 Å². The van der Waals surface area contributed by atoms with E-state index in [0.717, 1.165) is 0 Å². The fourth-order valence-corrected chi connectivity index (χ4v) is 24.2. The molecule has 14 nitrogen and oxygen atoms in total. The Morgan fingerprint density at radius 1 is 0.170 bits per heavy atom. The number of likely N-dealkylation sites (N-methyl/N-ethyl adjacent to an activating group) is 1. The van der Waals surface area contributed by atoms with Gasteiger partial charge < -0.3 is 63.7 Å². The highest BCUT2D eigenvalue weighted by Gasteiger charge is 2.48. The SMILES string of the molecule is CN1CCC2(CC1)CCN(CC(C)(C)C)C2.CN1CCC2(CC1)CCN(CC(C)(C)C)CC2.CN1CCC2(CCN(CC(C)(C)C)C2)C1.CN1CCC2(CCN(CC(C)(C)C)CC2)C1.CN1CCCC12CCN(CC(C)(C)C)C2.CN1CCCC2(CCN(CC(C)(C)C)C2)C1.CN1CCCC2(CCN(CC(C)(C)C)CC2)C1. The standard InChI is InChI=1S/2C15H30N2.3C14H28N2.2C13H26N2/c1-14(2,3)13-17-11-7-15(8-12-17)5-9-16(4)10-6-15;1-14(2,3)12-17-10-7-15(8-11-17)6-5-9-16(4)13-15;1-13(2,3)11-16-9-6-14(7-10-16)5-8-15(4)12-14;1-13(2,3)11-16-10-7-14(12-16)5-8-15(4)9-6-14;1-13(2,3)10-16-9-7-14(12-16)6-5-8-15(4)11-14;1-12(2,3)9-15-8-6-13(11-15)5-7-14(4)10-13;1-12(2,3)10-15-9-7-13(11-15)6-5-8-14(13)4/h2*5-13H2,1-4H3;3*5-12H2,1-4H3;2*5-11H2,1-4H3. The van der Waals surface area contributed by atoms with Gasteiger partial charge in [-0.05, 0) is 379 Å². The topological polar surface area (TPSA) is 45.4 Å². The minimum atomic E-state index is 0.447. The molecule has 0 aliphatic carbocycles. The van der Waals surface area contributed by atoms with Crippen molar-refractivity contribution in [2.45, 2.75) is 292 Å². The van der Waals surface area contributed by atoms with Crippen molar-refractivity contribution in [3.05, 3.63) is 0 Å². The molecule has 14 rings (SSSR count). The fraction of sp³-hybridized carbons (Fsp3) is 1.00. The van der Waals surface area contributed by atoms with Crippen LogP contribution in [0.4, 0.5) is 0 Å². The molecule has 0 N–H and O–H groups in total. The second-order valence-corrected chi connectivity index (χ2v) is 51.1. The summed E-state index contributed by atoms with van der Waals surface area (Å²) in [5, 5.41) is 0. The van der Waals surface area contributed by atoms with Gasteiger partial charge in [-0.15, -0.1) is 0 Å². The Morgan fingerprint density at radius 3 is 0.688 bits per heavy atom. The van der Waals surface area contributed by atoms with Crippen molar-refractivity contribution in [1.82, 2.24) is 68.6 Å². The Kier molecular flexibility index (Phi) is 34.8. The molecule has 14 fully saturated rings. The van der Waals surface area contributed by atoms with Gasteiger partial charge in [0.15, 0.2) is 0 Å². The van der Waals surface area contributed by atoms with Crippen LogP contribution in [0, 0.1) is 70.4 Å². The summed E-state index contributed by atoms with van der Waals surface area (Å²) < 4.78 is 0. The van der Waals surface area contributed by atoms with Crippen molar-refractivity contribution < 1.29 is 0 Å². The van der Waals surface area contributed by atoms with Gasteiger partial charge >= 0.3 is 0 Å². The Hall–Kier alpha value is -0.560. The van der Waals surface area contributed by atoms with Crippen LogP contribution >= 0.6 is 0 Å². The molecule has 0 bridgehead atoms. The zero-order valence-electron chi connectivity index (χ0n) is 80.9. The number of hydrogen-bond acceptors (Lipinski definition) is 14. The molecule has 7 spiro atoms. The summed E-state index contributed by atoms with van der Waals surface area (Å²) in [6.07, 6.45) is 31.4. The summed E-state index contributed by atoms with van der Waals surface area (Å²) in [4.78, 5) is 36.4. The van der Waals surface area contributed by atoms with E-state index in [0.29, 0.717) is 75.9 Å². The summed E-state index contributed by atoms with van der Waals surface area (Å²) in [7, 11) is 16.0. The summed E-state index contributed by atoms with van der Waals surface area (Å²) in [6.45, 7) is 93.9. The molecule has 14 aliphatic rings. The quantitative estimate of drug-likeness (QED) is 0.243. The molecule has 3 unspecified atom stereocenters. The summed E-state index contributed by atoms with van der Waals surface area (Å²) in [6, 6.07) is 0. The van der Waals surface area contributed by atoms with Crippen molar-refractivity contribution in [1.29, 1.82) is 0 Å². The second-order valence-electron chi connectivity index (χ2n) is 51.1. The highest BCUT2D eigenvalue weighted by atomic mass is 15.3. The Labute approximate surface area is 699 Å². The Bertz CT molecular complexity index is 2680. The first-order chi connectivity index (χ1) is 51.7. The predicted octanol–water partition coefficient (Wildman–Crippen LogP) is 17.3. The van der Waals surface area contributed by atoms with Gasteiger partial charge in [0.2, 0.25) is 0 Å². The number of nitrogens with zero attached hydrogens (tertiary/aromatic N) is 14. The molecule has 14 aliphatic heterocycles. The molecule has 14 heteroatoms. The van der Waals surface area contributed by atoms with Crippen molar-refractivity contribution >= 4 is 0 Å². The van der Waals surface area contributed by atoms with Gasteiger partial charge in [0.1, 0.15) is 0 Å². The van der Waals surface area contributed by atoms with Gasteiger partial charge in [0.05, 0.1) is 0 Å². The summed E-state index contributed by atoms with van der Waals surface area (Å²) >= 11 is 0. The van der Waals surface area contributed by atoms with Crippen molar-refractivity contribution in [2.75, 3.05) is 272 Å². The largest absolute Gasteiger partial charge is 0.306 e. The minimum absolute atomic E-state index is 0.447. The van der Waals surface area contributed by atoms with E-state index >= 15 is 0 Å². The Balaban J connectivity index is 0.000000164. The van der Waals surface area contributed by atoms with E-state index in [-0.39, 0.29) is 0 Å². The van der Waals surface area contributed by atoms with Crippen LogP contribution in [0.2, 0.25) is 0 Å². The lowest BCUT2D eigenvalue weighted by Crippen LogP contribution is -2.49.